The highest BCUT2D eigenvalue weighted by Crippen LogP contribution is 2.16. The molecule has 0 aliphatic carbocycles. The molecule has 120 valence electrons. The van der Waals surface area contributed by atoms with Crippen LogP contribution >= 0.6 is 0 Å². The maximum absolute atomic E-state index is 12.1. The second-order valence-corrected chi connectivity index (χ2v) is 5.19. The van der Waals surface area contributed by atoms with Crippen molar-refractivity contribution in [2.75, 3.05) is 26.0 Å². The first kappa shape index (κ1) is 16.5. The fourth-order valence-electron chi connectivity index (χ4n) is 2.11. The SMILES string of the molecule is COc1cccc(NC(=O)CN(C)C(=O)Cc2ccccc2)c1. The van der Waals surface area contributed by atoms with Crippen molar-refractivity contribution >= 4 is 17.5 Å². The van der Waals surface area contributed by atoms with Gasteiger partial charge in [-0.3, -0.25) is 9.59 Å². The number of likely N-dealkylation sites (N-methyl/N-ethyl adjacent to an activating group) is 1. The third-order valence-corrected chi connectivity index (χ3v) is 3.36. The number of anilines is 1. The molecule has 0 fully saturated rings. The zero-order chi connectivity index (χ0) is 16.7. The van der Waals surface area contributed by atoms with Crippen LogP contribution in [0.4, 0.5) is 5.69 Å². The van der Waals surface area contributed by atoms with Gasteiger partial charge in [0.15, 0.2) is 0 Å². The van der Waals surface area contributed by atoms with Crippen molar-refractivity contribution in [1.82, 2.24) is 4.90 Å². The minimum absolute atomic E-state index is 0.00285. The van der Waals surface area contributed by atoms with Crippen LogP contribution in [0, 0.1) is 0 Å². The predicted octanol–water partition coefficient (Wildman–Crippen LogP) is 2.33. The van der Waals surface area contributed by atoms with E-state index in [-0.39, 0.29) is 24.8 Å². The Hall–Kier alpha value is -2.82. The molecule has 23 heavy (non-hydrogen) atoms. The van der Waals surface area contributed by atoms with Gasteiger partial charge in [-0.05, 0) is 17.7 Å². The number of hydrogen-bond acceptors (Lipinski definition) is 3. The lowest BCUT2D eigenvalue weighted by Crippen LogP contribution is -2.35. The summed E-state index contributed by atoms with van der Waals surface area (Å²) in [5.74, 6) is 0.315. The molecule has 2 aromatic carbocycles. The number of carbonyl (C=O) groups excluding carboxylic acids is 2. The van der Waals surface area contributed by atoms with Gasteiger partial charge in [0.25, 0.3) is 0 Å². The Morgan fingerprint density at radius 2 is 1.83 bits per heavy atom. The molecule has 0 aromatic heterocycles. The average molecular weight is 312 g/mol. The summed E-state index contributed by atoms with van der Waals surface area (Å²) in [6, 6.07) is 16.5. The summed E-state index contributed by atoms with van der Waals surface area (Å²) in [6.07, 6.45) is 0.282. The Morgan fingerprint density at radius 3 is 2.52 bits per heavy atom. The van der Waals surface area contributed by atoms with E-state index >= 15 is 0 Å². The first-order valence-electron chi connectivity index (χ1n) is 7.30. The van der Waals surface area contributed by atoms with Gasteiger partial charge in [0.05, 0.1) is 20.1 Å². The number of ether oxygens (including phenoxy) is 1. The summed E-state index contributed by atoms with van der Waals surface area (Å²) >= 11 is 0. The van der Waals surface area contributed by atoms with E-state index in [0.717, 1.165) is 5.56 Å². The topological polar surface area (TPSA) is 58.6 Å². The number of methoxy groups -OCH3 is 1. The monoisotopic (exact) mass is 312 g/mol. The van der Waals surface area contributed by atoms with Crippen LogP contribution in [0.2, 0.25) is 0 Å². The molecule has 0 aliphatic rings. The second kappa shape index (κ2) is 7.98. The number of nitrogens with zero attached hydrogens (tertiary/aromatic N) is 1. The van der Waals surface area contributed by atoms with Crippen LogP contribution in [-0.2, 0) is 16.0 Å². The molecule has 0 unspecified atom stereocenters. The second-order valence-electron chi connectivity index (χ2n) is 5.19. The first-order chi connectivity index (χ1) is 11.1. The van der Waals surface area contributed by atoms with Crippen LogP contribution in [0.25, 0.3) is 0 Å². The van der Waals surface area contributed by atoms with Crippen LogP contribution < -0.4 is 10.1 Å². The van der Waals surface area contributed by atoms with Crippen molar-refractivity contribution < 1.29 is 14.3 Å². The Balaban J connectivity index is 1.87. The third kappa shape index (κ3) is 5.14. The molecule has 0 saturated heterocycles. The van der Waals surface area contributed by atoms with E-state index in [2.05, 4.69) is 5.32 Å². The summed E-state index contributed by atoms with van der Waals surface area (Å²) in [5.41, 5.74) is 1.57. The number of benzene rings is 2. The van der Waals surface area contributed by atoms with E-state index in [1.165, 1.54) is 4.90 Å². The normalized spacial score (nSPS) is 10.0. The predicted molar refractivity (Wildman–Crippen MR) is 89.4 cm³/mol. The molecule has 0 bridgehead atoms. The molecule has 0 saturated carbocycles. The molecular formula is C18H20N2O3. The van der Waals surface area contributed by atoms with Gasteiger partial charge in [-0.15, -0.1) is 0 Å². The van der Waals surface area contributed by atoms with E-state index in [1.807, 2.05) is 30.3 Å². The Bertz CT molecular complexity index is 671. The van der Waals surface area contributed by atoms with Crippen LogP contribution in [0.5, 0.6) is 5.75 Å². The van der Waals surface area contributed by atoms with Gasteiger partial charge in [0, 0.05) is 18.8 Å². The molecule has 0 atom stereocenters. The number of carbonyl (C=O) groups is 2. The van der Waals surface area contributed by atoms with E-state index in [0.29, 0.717) is 11.4 Å². The highest BCUT2D eigenvalue weighted by Gasteiger charge is 2.13. The molecular weight excluding hydrogens is 292 g/mol. The van der Waals surface area contributed by atoms with Crippen molar-refractivity contribution in [3.8, 4) is 5.75 Å². The van der Waals surface area contributed by atoms with E-state index in [4.69, 9.17) is 4.74 Å². The molecule has 0 aliphatic heterocycles. The molecule has 2 aromatic rings. The van der Waals surface area contributed by atoms with Crippen LogP contribution in [0.3, 0.4) is 0 Å². The minimum Gasteiger partial charge on any atom is -0.497 e. The minimum atomic E-state index is -0.248. The van der Waals surface area contributed by atoms with E-state index in [9.17, 15) is 9.59 Å². The van der Waals surface area contributed by atoms with Gasteiger partial charge in [-0.1, -0.05) is 36.4 Å². The Kier molecular flexibility index (Phi) is 5.74. The average Bonchev–Trinajstić information content (AvgIpc) is 2.55. The van der Waals surface area contributed by atoms with Gasteiger partial charge < -0.3 is 15.0 Å². The lowest BCUT2D eigenvalue weighted by Gasteiger charge is -2.17. The number of nitrogens with one attached hydrogen (secondary N) is 1. The maximum Gasteiger partial charge on any atom is 0.243 e. The summed E-state index contributed by atoms with van der Waals surface area (Å²) in [4.78, 5) is 25.6. The smallest absolute Gasteiger partial charge is 0.243 e. The largest absolute Gasteiger partial charge is 0.497 e. The van der Waals surface area contributed by atoms with Crippen molar-refractivity contribution in [3.63, 3.8) is 0 Å². The highest BCUT2D eigenvalue weighted by atomic mass is 16.5. The summed E-state index contributed by atoms with van der Waals surface area (Å²) in [6.45, 7) is 0.00285. The number of rotatable bonds is 6. The summed E-state index contributed by atoms with van der Waals surface area (Å²) < 4.78 is 5.11. The van der Waals surface area contributed by atoms with Crippen LogP contribution in [0.15, 0.2) is 54.6 Å². The molecule has 5 nitrogen and oxygen atoms in total. The maximum atomic E-state index is 12.1. The van der Waals surface area contributed by atoms with Gasteiger partial charge in [-0.25, -0.2) is 0 Å². The lowest BCUT2D eigenvalue weighted by molar-refractivity contribution is -0.132. The quantitative estimate of drug-likeness (QED) is 0.890. The number of hydrogen-bond donors (Lipinski definition) is 1. The zero-order valence-electron chi connectivity index (χ0n) is 13.3. The van der Waals surface area contributed by atoms with Crippen LogP contribution in [0.1, 0.15) is 5.56 Å². The van der Waals surface area contributed by atoms with Crippen molar-refractivity contribution in [3.05, 3.63) is 60.2 Å². The van der Waals surface area contributed by atoms with Gasteiger partial charge in [0.1, 0.15) is 5.75 Å². The van der Waals surface area contributed by atoms with Crippen molar-refractivity contribution in [1.29, 1.82) is 0 Å². The fraction of sp³-hybridized carbons (Fsp3) is 0.222. The summed E-state index contributed by atoms with van der Waals surface area (Å²) in [5, 5.41) is 2.75. The zero-order valence-corrected chi connectivity index (χ0v) is 13.3. The van der Waals surface area contributed by atoms with Crippen molar-refractivity contribution in [2.24, 2.45) is 0 Å². The van der Waals surface area contributed by atoms with Crippen LogP contribution in [-0.4, -0.2) is 37.4 Å². The standard InChI is InChI=1S/C18H20N2O3/c1-20(18(22)11-14-7-4-3-5-8-14)13-17(21)19-15-9-6-10-16(12-15)23-2/h3-10,12H,11,13H2,1-2H3,(H,19,21). The fourth-order valence-corrected chi connectivity index (χ4v) is 2.11. The molecule has 0 radical (unpaired) electrons. The molecule has 2 amide bonds. The van der Waals surface area contributed by atoms with E-state index < -0.39 is 0 Å². The molecule has 2 rings (SSSR count). The van der Waals surface area contributed by atoms with Gasteiger partial charge in [-0.2, -0.15) is 0 Å². The van der Waals surface area contributed by atoms with E-state index in [1.54, 1.807) is 38.4 Å². The third-order valence-electron chi connectivity index (χ3n) is 3.36. The lowest BCUT2D eigenvalue weighted by atomic mass is 10.1. The Labute approximate surface area is 135 Å². The molecule has 1 N–H and O–H groups in total. The van der Waals surface area contributed by atoms with Gasteiger partial charge >= 0.3 is 0 Å². The Morgan fingerprint density at radius 1 is 1.09 bits per heavy atom. The molecule has 0 spiro atoms. The number of amides is 2. The summed E-state index contributed by atoms with van der Waals surface area (Å²) in [7, 11) is 3.19. The van der Waals surface area contributed by atoms with Gasteiger partial charge in [0.2, 0.25) is 11.8 Å². The first-order valence-corrected chi connectivity index (χ1v) is 7.30. The molecule has 5 heteroatoms. The molecule has 0 heterocycles. The van der Waals surface area contributed by atoms with Crippen molar-refractivity contribution in [2.45, 2.75) is 6.42 Å². The highest BCUT2D eigenvalue weighted by molar-refractivity contribution is 5.94.